The predicted molar refractivity (Wildman–Crippen MR) is 50.8 cm³/mol. The minimum atomic E-state index is -1.41. The Hall–Kier alpha value is -0.280. The van der Waals surface area contributed by atoms with Gasteiger partial charge in [0.25, 0.3) is 0 Å². The zero-order valence-electron chi connectivity index (χ0n) is 8.48. The molecule has 0 aliphatic carbocycles. The van der Waals surface area contributed by atoms with Gasteiger partial charge in [-0.25, -0.2) is 0 Å². The van der Waals surface area contributed by atoms with Gasteiger partial charge >= 0.3 is 0 Å². The van der Waals surface area contributed by atoms with E-state index >= 15 is 0 Å². The van der Waals surface area contributed by atoms with Gasteiger partial charge in [0.1, 0.15) is 18.4 Å². The number of rotatable bonds is 7. The number of aliphatic hydroxyl groups is 6. The van der Waals surface area contributed by atoms with Crippen molar-refractivity contribution in [2.75, 3.05) is 13.2 Å². The molecule has 0 heterocycles. The predicted octanol–water partition coefficient (Wildman–Crippen LogP) is -3.65. The van der Waals surface area contributed by atoms with Gasteiger partial charge in [-0.3, -0.25) is 5.32 Å². The van der Waals surface area contributed by atoms with Crippen LogP contribution in [0.5, 0.6) is 0 Å². The van der Waals surface area contributed by atoms with Crippen LogP contribution in [-0.2, 0) is 0 Å². The molecule has 0 spiro atoms. The summed E-state index contributed by atoms with van der Waals surface area (Å²) in [7, 11) is 0. The summed E-state index contributed by atoms with van der Waals surface area (Å²) < 4.78 is 0. The Kier molecular flexibility index (Phi) is 6.94. The van der Waals surface area contributed by atoms with Crippen LogP contribution < -0.4 is 5.32 Å². The van der Waals surface area contributed by atoms with Gasteiger partial charge < -0.3 is 30.6 Å². The summed E-state index contributed by atoms with van der Waals surface area (Å²) in [6.07, 6.45) is -6.49. The van der Waals surface area contributed by atoms with Crippen LogP contribution in [0.3, 0.4) is 0 Å². The maximum Gasteiger partial charge on any atom is 0.133 e. The van der Waals surface area contributed by atoms with Crippen LogP contribution in [0.15, 0.2) is 0 Å². The second-order valence-corrected chi connectivity index (χ2v) is 3.40. The lowest BCUT2D eigenvalue weighted by Gasteiger charge is -2.23. The Bertz CT molecular complexity index is 167. The fourth-order valence-corrected chi connectivity index (χ4v) is 0.884. The van der Waals surface area contributed by atoms with Crippen LogP contribution in [0.25, 0.3) is 0 Å². The lowest BCUT2D eigenvalue weighted by Crippen LogP contribution is -2.49. The molecule has 92 valence electrons. The molecule has 0 radical (unpaired) electrons. The summed E-state index contributed by atoms with van der Waals surface area (Å²) in [5.41, 5.74) is 0. The smallest absolute Gasteiger partial charge is 0.133 e. The minimum absolute atomic E-state index is 0.216. The molecule has 0 bridgehead atoms. The summed E-state index contributed by atoms with van der Waals surface area (Å²) in [5, 5.41) is 56.2. The minimum Gasteiger partial charge on any atom is -0.394 e. The van der Waals surface area contributed by atoms with E-state index in [1.165, 1.54) is 6.92 Å². The third kappa shape index (κ3) is 5.38. The number of aliphatic hydroxyl groups excluding tert-OH is 6. The third-order valence-electron chi connectivity index (χ3n) is 1.99. The van der Waals surface area contributed by atoms with E-state index in [-0.39, 0.29) is 6.54 Å². The molecule has 7 nitrogen and oxygen atoms in total. The molecule has 0 aromatic rings. The van der Waals surface area contributed by atoms with E-state index in [2.05, 4.69) is 5.32 Å². The van der Waals surface area contributed by atoms with Gasteiger partial charge in [0.15, 0.2) is 0 Å². The van der Waals surface area contributed by atoms with Gasteiger partial charge in [0, 0.05) is 6.54 Å². The summed E-state index contributed by atoms with van der Waals surface area (Å²) in [6.45, 7) is 0.485. The molecule has 15 heavy (non-hydrogen) atoms. The molecule has 0 aliphatic rings. The highest BCUT2D eigenvalue weighted by atomic mass is 16.4. The topological polar surface area (TPSA) is 133 Å². The van der Waals surface area contributed by atoms with Gasteiger partial charge in [-0.1, -0.05) is 0 Å². The summed E-state index contributed by atoms with van der Waals surface area (Å²) in [4.78, 5) is 0. The van der Waals surface area contributed by atoms with Crippen LogP contribution in [0, 0.1) is 0 Å². The van der Waals surface area contributed by atoms with Crippen LogP contribution in [0.4, 0.5) is 0 Å². The zero-order valence-corrected chi connectivity index (χ0v) is 8.48. The maximum absolute atomic E-state index is 9.22. The first kappa shape index (κ1) is 14.7. The fourth-order valence-electron chi connectivity index (χ4n) is 0.884. The van der Waals surface area contributed by atoms with E-state index in [1.807, 2.05) is 0 Å². The van der Waals surface area contributed by atoms with Gasteiger partial charge in [0.2, 0.25) is 0 Å². The highest BCUT2D eigenvalue weighted by molar-refractivity contribution is 4.74. The van der Waals surface area contributed by atoms with Crippen LogP contribution in [0.1, 0.15) is 6.92 Å². The monoisotopic (exact) mass is 225 g/mol. The first-order valence-electron chi connectivity index (χ1n) is 4.64. The molecule has 5 atom stereocenters. The number of hydrogen-bond donors (Lipinski definition) is 7. The van der Waals surface area contributed by atoms with Crippen molar-refractivity contribution in [3.05, 3.63) is 0 Å². The van der Waals surface area contributed by atoms with Gasteiger partial charge in [-0.05, 0) is 6.92 Å². The first-order chi connectivity index (χ1) is 6.90. The Morgan fingerprint density at radius 1 is 1.00 bits per heavy atom. The second-order valence-electron chi connectivity index (χ2n) is 3.40. The van der Waals surface area contributed by atoms with Crippen molar-refractivity contribution >= 4 is 0 Å². The average Bonchev–Trinajstić information content (AvgIpc) is 2.22. The molecule has 0 aromatic carbocycles. The molecular formula is C8H19NO6. The molecule has 0 saturated carbocycles. The van der Waals surface area contributed by atoms with E-state index in [9.17, 15) is 5.11 Å². The second kappa shape index (κ2) is 7.07. The van der Waals surface area contributed by atoms with Crippen molar-refractivity contribution in [1.82, 2.24) is 5.32 Å². The molecule has 5 unspecified atom stereocenters. The van der Waals surface area contributed by atoms with E-state index in [1.54, 1.807) is 0 Å². The zero-order chi connectivity index (χ0) is 12.0. The molecule has 0 amide bonds. The molecule has 0 aliphatic heterocycles. The van der Waals surface area contributed by atoms with Crippen molar-refractivity contribution in [3.63, 3.8) is 0 Å². The molecule has 7 N–H and O–H groups in total. The van der Waals surface area contributed by atoms with Crippen molar-refractivity contribution in [2.45, 2.75) is 37.6 Å². The van der Waals surface area contributed by atoms with Gasteiger partial charge in [-0.15, -0.1) is 0 Å². The van der Waals surface area contributed by atoms with Gasteiger partial charge in [0.05, 0.1) is 18.8 Å². The van der Waals surface area contributed by atoms with E-state index in [0.717, 1.165) is 0 Å². The molecule has 0 rings (SSSR count). The van der Waals surface area contributed by atoms with Crippen LogP contribution >= 0.6 is 0 Å². The average molecular weight is 225 g/mol. The summed E-state index contributed by atoms with van der Waals surface area (Å²) >= 11 is 0. The van der Waals surface area contributed by atoms with Crippen molar-refractivity contribution < 1.29 is 30.6 Å². The van der Waals surface area contributed by atoms with Crippen molar-refractivity contribution in [3.8, 4) is 0 Å². The molecule has 7 heteroatoms. The quantitative estimate of drug-likeness (QED) is 0.222. The summed E-state index contributed by atoms with van der Waals surface area (Å²) in [5.74, 6) is 0. The lowest BCUT2D eigenvalue weighted by molar-refractivity contribution is -0.0749. The fraction of sp³-hybridized carbons (Fsp3) is 1.00. The van der Waals surface area contributed by atoms with Crippen molar-refractivity contribution in [2.24, 2.45) is 0 Å². The van der Waals surface area contributed by atoms with E-state index in [4.69, 9.17) is 25.5 Å². The Morgan fingerprint density at radius 2 is 1.53 bits per heavy atom. The molecule has 0 aromatic heterocycles. The summed E-state index contributed by atoms with van der Waals surface area (Å²) in [6, 6.07) is 0. The molecule has 0 saturated heterocycles. The molecule has 0 fully saturated rings. The number of nitrogens with one attached hydrogen (secondary N) is 1. The van der Waals surface area contributed by atoms with Gasteiger partial charge in [-0.2, -0.15) is 0 Å². The first-order valence-corrected chi connectivity index (χ1v) is 4.64. The Morgan fingerprint density at radius 3 is 1.93 bits per heavy atom. The number of hydrogen-bond acceptors (Lipinski definition) is 7. The standard InChI is InChI=1S/C8H19NO6/c1-4(11)7(14)8(15)9-2-5(12)6(13)3-10/h4-15H,2-3H2,1H3. The highest BCUT2D eigenvalue weighted by Crippen LogP contribution is 1.98. The van der Waals surface area contributed by atoms with Crippen LogP contribution in [0.2, 0.25) is 0 Å². The molecular weight excluding hydrogens is 206 g/mol. The normalized spacial score (nSPS) is 21.8. The largest absolute Gasteiger partial charge is 0.394 e. The van der Waals surface area contributed by atoms with Crippen molar-refractivity contribution in [1.29, 1.82) is 0 Å². The Labute approximate surface area is 87.6 Å². The van der Waals surface area contributed by atoms with E-state index < -0.39 is 37.3 Å². The SMILES string of the molecule is CC(O)C(O)C(O)NCC(O)C(O)CO. The Balaban J connectivity index is 3.84. The van der Waals surface area contributed by atoms with E-state index in [0.29, 0.717) is 0 Å². The maximum atomic E-state index is 9.22. The third-order valence-corrected chi connectivity index (χ3v) is 1.99. The highest BCUT2D eigenvalue weighted by Gasteiger charge is 2.23. The van der Waals surface area contributed by atoms with Crippen LogP contribution in [-0.4, -0.2) is 74.4 Å². The lowest BCUT2D eigenvalue weighted by atomic mass is 10.2.